The highest BCUT2D eigenvalue weighted by atomic mass is 16.3. The molecular formula is C19H19N5O. The molecule has 0 aliphatic heterocycles. The molecule has 3 aromatic heterocycles. The van der Waals surface area contributed by atoms with Crippen molar-refractivity contribution in [2.24, 2.45) is 7.05 Å². The molecule has 3 heterocycles. The van der Waals surface area contributed by atoms with Gasteiger partial charge in [0.2, 0.25) is 5.89 Å². The fourth-order valence-corrected chi connectivity index (χ4v) is 3.09. The van der Waals surface area contributed by atoms with Gasteiger partial charge < -0.3 is 8.98 Å². The molecule has 0 spiro atoms. The van der Waals surface area contributed by atoms with Gasteiger partial charge in [-0.05, 0) is 26.0 Å². The van der Waals surface area contributed by atoms with Crippen LogP contribution in [-0.2, 0) is 7.05 Å². The highest BCUT2D eigenvalue weighted by Gasteiger charge is 2.19. The third kappa shape index (κ3) is 2.76. The monoisotopic (exact) mass is 333 g/mol. The van der Waals surface area contributed by atoms with Crippen molar-refractivity contribution in [2.45, 2.75) is 19.9 Å². The maximum absolute atomic E-state index is 5.66. The van der Waals surface area contributed by atoms with Gasteiger partial charge in [-0.1, -0.05) is 18.2 Å². The van der Waals surface area contributed by atoms with E-state index in [1.165, 1.54) is 0 Å². The lowest BCUT2D eigenvalue weighted by molar-refractivity contribution is 0.574. The Morgan fingerprint density at radius 3 is 2.68 bits per heavy atom. The largest absolute Gasteiger partial charge is 0.444 e. The van der Waals surface area contributed by atoms with Gasteiger partial charge in [-0.25, -0.2) is 9.97 Å². The Morgan fingerprint density at radius 1 is 1.16 bits per heavy atom. The van der Waals surface area contributed by atoms with Crippen LogP contribution >= 0.6 is 0 Å². The minimum atomic E-state index is 0.100. The SMILES string of the molecule is Cc1nn(C)cc1C(C)n1ccnc1-c1coc(-c2ccccc2)n1. The van der Waals surface area contributed by atoms with E-state index in [2.05, 4.69) is 26.6 Å². The second-order valence-electron chi connectivity index (χ2n) is 6.08. The third-order valence-electron chi connectivity index (χ3n) is 4.34. The smallest absolute Gasteiger partial charge is 0.226 e. The van der Waals surface area contributed by atoms with Crippen LogP contribution in [0.2, 0.25) is 0 Å². The van der Waals surface area contributed by atoms with Crippen LogP contribution in [0.15, 0.2) is 59.6 Å². The maximum Gasteiger partial charge on any atom is 0.226 e. The quantitative estimate of drug-likeness (QED) is 0.569. The van der Waals surface area contributed by atoms with Crippen LogP contribution in [0.4, 0.5) is 0 Å². The first-order chi connectivity index (χ1) is 12.1. The van der Waals surface area contributed by atoms with Gasteiger partial charge in [-0.3, -0.25) is 4.68 Å². The Hall–Kier alpha value is -3.15. The summed E-state index contributed by atoms with van der Waals surface area (Å²) in [6, 6.07) is 9.95. The fraction of sp³-hybridized carbons (Fsp3) is 0.211. The molecule has 0 aliphatic rings. The van der Waals surface area contributed by atoms with Gasteiger partial charge in [0.05, 0.1) is 11.7 Å². The molecule has 0 saturated heterocycles. The molecule has 6 heteroatoms. The van der Waals surface area contributed by atoms with Gasteiger partial charge in [0, 0.05) is 36.8 Å². The number of oxazole rings is 1. The molecule has 4 rings (SSSR count). The van der Waals surface area contributed by atoms with Crippen LogP contribution in [0.3, 0.4) is 0 Å². The van der Waals surface area contributed by atoms with Gasteiger partial charge in [0.1, 0.15) is 12.0 Å². The molecule has 4 aromatic rings. The van der Waals surface area contributed by atoms with Gasteiger partial charge in [0.15, 0.2) is 5.82 Å². The van der Waals surface area contributed by atoms with Crippen LogP contribution in [0, 0.1) is 6.92 Å². The number of imidazole rings is 1. The lowest BCUT2D eigenvalue weighted by atomic mass is 10.1. The first-order valence-electron chi connectivity index (χ1n) is 8.18. The number of hydrogen-bond acceptors (Lipinski definition) is 4. The lowest BCUT2D eigenvalue weighted by Gasteiger charge is -2.14. The van der Waals surface area contributed by atoms with Crippen LogP contribution in [0.25, 0.3) is 23.0 Å². The molecule has 0 bridgehead atoms. The van der Waals surface area contributed by atoms with Crippen molar-refractivity contribution < 1.29 is 4.42 Å². The Balaban J connectivity index is 1.71. The molecule has 0 saturated carbocycles. The molecule has 0 amide bonds. The number of nitrogens with zero attached hydrogens (tertiary/aromatic N) is 5. The molecule has 126 valence electrons. The number of rotatable bonds is 4. The van der Waals surface area contributed by atoms with Crippen molar-refractivity contribution >= 4 is 0 Å². The Bertz CT molecular complexity index is 996. The van der Waals surface area contributed by atoms with E-state index in [0.717, 1.165) is 28.3 Å². The fourth-order valence-electron chi connectivity index (χ4n) is 3.09. The lowest BCUT2D eigenvalue weighted by Crippen LogP contribution is -2.08. The average Bonchev–Trinajstić information content (AvgIpc) is 3.33. The highest BCUT2D eigenvalue weighted by Crippen LogP contribution is 2.28. The van der Waals surface area contributed by atoms with E-state index < -0.39 is 0 Å². The average molecular weight is 333 g/mol. The predicted molar refractivity (Wildman–Crippen MR) is 94.9 cm³/mol. The molecule has 0 fully saturated rings. The highest BCUT2D eigenvalue weighted by molar-refractivity contribution is 5.58. The first-order valence-corrected chi connectivity index (χ1v) is 8.18. The third-order valence-corrected chi connectivity index (χ3v) is 4.34. The summed E-state index contributed by atoms with van der Waals surface area (Å²) in [6.45, 7) is 4.15. The van der Waals surface area contributed by atoms with Crippen molar-refractivity contribution in [3.05, 3.63) is 66.4 Å². The van der Waals surface area contributed by atoms with Crippen molar-refractivity contribution in [3.8, 4) is 23.0 Å². The van der Waals surface area contributed by atoms with E-state index in [-0.39, 0.29) is 6.04 Å². The van der Waals surface area contributed by atoms with Crippen molar-refractivity contribution in [1.29, 1.82) is 0 Å². The van der Waals surface area contributed by atoms with Crippen molar-refractivity contribution in [3.63, 3.8) is 0 Å². The Morgan fingerprint density at radius 2 is 1.96 bits per heavy atom. The molecule has 25 heavy (non-hydrogen) atoms. The number of hydrogen-bond donors (Lipinski definition) is 0. The van der Waals surface area contributed by atoms with Gasteiger partial charge in [0.25, 0.3) is 0 Å². The minimum Gasteiger partial charge on any atom is -0.444 e. The number of benzene rings is 1. The second-order valence-corrected chi connectivity index (χ2v) is 6.08. The number of aromatic nitrogens is 5. The summed E-state index contributed by atoms with van der Waals surface area (Å²) in [7, 11) is 1.93. The molecule has 1 aromatic carbocycles. The Labute approximate surface area is 145 Å². The standard InChI is InChI=1S/C19H19N5O/c1-13-16(11-23(3)22-13)14(2)24-10-9-20-18(24)17-12-25-19(21-17)15-7-5-4-6-8-15/h4-12,14H,1-3H3. The molecule has 1 unspecified atom stereocenters. The summed E-state index contributed by atoms with van der Waals surface area (Å²) in [4.78, 5) is 9.11. The summed E-state index contributed by atoms with van der Waals surface area (Å²) in [5, 5.41) is 4.44. The summed E-state index contributed by atoms with van der Waals surface area (Å²) in [5.41, 5.74) is 3.84. The van der Waals surface area contributed by atoms with Crippen LogP contribution < -0.4 is 0 Å². The molecule has 0 N–H and O–H groups in total. The van der Waals surface area contributed by atoms with E-state index in [4.69, 9.17) is 4.42 Å². The number of aryl methyl sites for hydroxylation is 2. The van der Waals surface area contributed by atoms with Gasteiger partial charge in [-0.15, -0.1) is 0 Å². The van der Waals surface area contributed by atoms with E-state index in [1.54, 1.807) is 12.5 Å². The predicted octanol–water partition coefficient (Wildman–Crippen LogP) is 3.86. The second kappa shape index (κ2) is 6.05. The van der Waals surface area contributed by atoms with Crippen molar-refractivity contribution in [1.82, 2.24) is 24.3 Å². The zero-order valence-electron chi connectivity index (χ0n) is 14.4. The van der Waals surface area contributed by atoms with Crippen molar-refractivity contribution in [2.75, 3.05) is 0 Å². The van der Waals surface area contributed by atoms with Gasteiger partial charge in [-0.2, -0.15) is 5.10 Å². The van der Waals surface area contributed by atoms with E-state index in [0.29, 0.717) is 5.89 Å². The molecule has 0 aliphatic carbocycles. The zero-order chi connectivity index (χ0) is 17.4. The summed E-state index contributed by atoms with van der Waals surface area (Å²) >= 11 is 0. The minimum absolute atomic E-state index is 0.100. The topological polar surface area (TPSA) is 61.7 Å². The van der Waals surface area contributed by atoms with E-state index >= 15 is 0 Å². The molecular weight excluding hydrogens is 314 g/mol. The summed E-state index contributed by atoms with van der Waals surface area (Å²) in [5.74, 6) is 1.37. The molecule has 1 atom stereocenters. The van der Waals surface area contributed by atoms with E-state index in [1.807, 2.05) is 61.4 Å². The van der Waals surface area contributed by atoms with Gasteiger partial charge >= 0.3 is 0 Å². The maximum atomic E-state index is 5.66. The normalized spacial score (nSPS) is 12.4. The first kappa shape index (κ1) is 15.4. The summed E-state index contributed by atoms with van der Waals surface area (Å²) < 4.78 is 9.59. The molecule has 6 nitrogen and oxygen atoms in total. The zero-order valence-corrected chi connectivity index (χ0v) is 14.4. The van der Waals surface area contributed by atoms with E-state index in [9.17, 15) is 0 Å². The van der Waals surface area contributed by atoms with Crippen LogP contribution in [-0.4, -0.2) is 24.3 Å². The molecule has 0 radical (unpaired) electrons. The Kier molecular flexibility index (Phi) is 3.72. The summed E-state index contributed by atoms with van der Waals surface area (Å²) in [6.07, 6.45) is 7.45. The van der Waals surface area contributed by atoms with Crippen LogP contribution in [0.1, 0.15) is 24.2 Å². The van der Waals surface area contributed by atoms with Crippen LogP contribution in [0.5, 0.6) is 0 Å².